The van der Waals surface area contributed by atoms with Gasteiger partial charge in [0.2, 0.25) is 10.0 Å². The van der Waals surface area contributed by atoms with Gasteiger partial charge in [-0.2, -0.15) is 16.9 Å². The molecule has 0 aliphatic carbocycles. The van der Waals surface area contributed by atoms with Gasteiger partial charge in [0.25, 0.3) is 0 Å². The number of hydrogen-bond donors (Lipinski definition) is 2. The van der Waals surface area contributed by atoms with E-state index in [9.17, 15) is 8.42 Å². The average molecular weight is 335 g/mol. The highest BCUT2D eigenvalue weighted by atomic mass is 32.2. The smallest absolute Gasteiger partial charge is 0.244 e. The fraction of sp³-hybridized carbons (Fsp3) is 0.769. The molecule has 8 heteroatoms. The van der Waals surface area contributed by atoms with Crippen molar-refractivity contribution >= 4 is 21.8 Å². The average Bonchev–Trinajstić information content (AvgIpc) is 2.70. The van der Waals surface area contributed by atoms with Crippen LogP contribution >= 0.6 is 11.8 Å². The van der Waals surface area contributed by atoms with E-state index in [-0.39, 0.29) is 0 Å². The zero-order valence-corrected chi connectivity index (χ0v) is 14.9. The van der Waals surface area contributed by atoms with Crippen molar-refractivity contribution in [2.45, 2.75) is 38.6 Å². The van der Waals surface area contributed by atoms with Crippen LogP contribution in [0.2, 0.25) is 0 Å². The number of rotatable bonds is 9. The van der Waals surface area contributed by atoms with Gasteiger partial charge in [0.15, 0.2) is 0 Å². The molecule has 122 valence electrons. The number of nitrogens with zero attached hydrogens (tertiary/aromatic N) is 2. The van der Waals surface area contributed by atoms with Gasteiger partial charge in [-0.1, -0.05) is 6.92 Å². The number of aryl methyl sites for hydroxylation is 2. The van der Waals surface area contributed by atoms with Crippen LogP contribution in [-0.2, 0) is 16.6 Å². The van der Waals surface area contributed by atoms with Crippen LogP contribution < -0.4 is 10.5 Å². The lowest BCUT2D eigenvalue weighted by molar-refractivity contribution is 0.556. The molecule has 0 spiro atoms. The van der Waals surface area contributed by atoms with Crippen LogP contribution in [0.15, 0.2) is 4.90 Å². The van der Waals surface area contributed by atoms with Crippen molar-refractivity contribution in [3.8, 4) is 0 Å². The zero-order valence-electron chi connectivity index (χ0n) is 13.2. The van der Waals surface area contributed by atoms with Crippen molar-refractivity contribution in [1.29, 1.82) is 0 Å². The van der Waals surface area contributed by atoms with Gasteiger partial charge >= 0.3 is 0 Å². The van der Waals surface area contributed by atoms with Gasteiger partial charge in [-0.15, -0.1) is 0 Å². The van der Waals surface area contributed by atoms with E-state index in [1.165, 1.54) is 0 Å². The molecule has 0 aromatic carbocycles. The Morgan fingerprint density at radius 2 is 2.10 bits per heavy atom. The van der Waals surface area contributed by atoms with Crippen LogP contribution in [0, 0.1) is 19.8 Å². The van der Waals surface area contributed by atoms with Crippen LogP contribution in [0.4, 0.5) is 0 Å². The maximum absolute atomic E-state index is 12.5. The minimum Gasteiger partial charge on any atom is -0.330 e. The molecule has 21 heavy (non-hydrogen) atoms. The van der Waals surface area contributed by atoms with E-state index in [1.807, 2.05) is 13.2 Å². The largest absolute Gasteiger partial charge is 0.330 e. The first-order chi connectivity index (χ1) is 9.83. The highest BCUT2D eigenvalue weighted by Gasteiger charge is 2.24. The highest BCUT2D eigenvalue weighted by Crippen LogP contribution is 2.19. The molecule has 1 unspecified atom stereocenters. The number of nitrogens with two attached hydrogens (primary N) is 1. The van der Waals surface area contributed by atoms with Crippen molar-refractivity contribution in [2.24, 2.45) is 11.7 Å². The van der Waals surface area contributed by atoms with Gasteiger partial charge in [0.1, 0.15) is 4.90 Å². The van der Waals surface area contributed by atoms with Crippen LogP contribution in [0.25, 0.3) is 0 Å². The molecule has 0 bridgehead atoms. The lowest BCUT2D eigenvalue weighted by Crippen LogP contribution is -2.30. The van der Waals surface area contributed by atoms with E-state index in [0.717, 1.165) is 12.2 Å². The van der Waals surface area contributed by atoms with Crippen molar-refractivity contribution in [3.63, 3.8) is 0 Å². The number of sulfonamides is 1. The second-order valence-corrected chi connectivity index (χ2v) is 7.89. The molecule has 0 saturated heterocycles. The van der Waals surface area contributed by atoms with E-state index in [1.54, 1.807) is 30.3 Å². The molecule has 1 heterocycles. The summed E-state index contributed by atoms with van der Waals surface area (Å²) in [5.41, 5.74) is 6.70. The van der Waals surface area contributed by atoms with Gasteiger partial charge in [-0.05, 0) is 44.7 Å². The summed E-state index contributed by atoms with van der Waals surface area (Å²) < 4.78 is 29.4. The Hall–Kier alpha value is -0.570. The molecule has 6 nitrogen and oxygen atoms in total. The molecule has 0 amide bonds. The molecule has 1 atom stereocenters. The Balaban J connectivity index is 2.90. The third-order valence-electron chi connectivity index (χ3n) is 3.23. The molecule has 1 rings (SSSR count). The summed E-state index contributed by atoms with van der Waals surface area (Å²) in [5.74, 6) is 1.22. The number of aromatic nitrogens is 2. The van der Waals surface area contributed by atoms with Gasteiger partial charge in [-0.3, -0.25) is 4.68 Å². The van der Waals surface area contributed by atoms with E-state index in [2.05, 4.69) is 9.82 Å². The van der Waals surface area contributed by atoms with E-state index < -0.39 is 10.0 Å². The van der Waals surface area contributed by atoms with E-state index >= 15 is 0 Å². The standard InChI is InChI=1S/C13H26N4O2S2/c1-10(9-20-4)8-15-21(18,19)13-11(2)16-17(12(13)3)7-5-6-14/h10,15H,5-9,14H2,1-4H3. The predicted octanol–water partition coefficient (Wildman–Crippen LogP) is 1.13. The van der Waals surface area contributed by atoms with Gasteiger partial charge in [-0.25, -0.2) is 13.1 Å². The van der Waals surface area contributed by atoms with Crippen LogP contribution in [-0.4, -0.2) is 43.3 Å². The molecule has 1 aromatic rings. The van der Waals surface area contributed by atoms with E-state index in [4.69, 9.17) is 5.73 Å². The summed E-state index contributed by atoms with van der Waals surface area (Å²) in [6, 6.07) is 0. The first kappa shape index (κ1) is 18.5. The summed E-state index contributed by atoms with van der Waals surface area (Å²) in [5, 5.41) is 4.32. The van der Waals surface area contributed by atoms with Crippen molar-refractivity contribution < 1.29 is 8.42 Å². The van der Waals surface area contributed by atoms with Gasteiger partial charge in [0.05, 0.1) is 11.4 Å². The van der Waals surface area contributed by atoms with Crippen molar-refractivity contribution in [2.75, 3.05) is 25.1 Å². The summed E-state index contributed by atoms with van der Waals surface area (Å²) in [6.45, 7) is 7.19. The molecule has 1 aromatic heterocycles. The summed E-state index contributed by atoms with van der Waals surface area (Å²) in [7, 11) is -3.51. The topological polar surface area (TPSA) is 90.0 Å². The Morgan fingerprint density at radius 1 is 1.43 bits per heavy atom. The Labute approximate surface area is 131 Å². The number of thioether (sulfide) groups is 1. The van der Waals surface area contributed by atoms with Crippen molar-refractivity contribution in [1.82, 2.24) is 14.5 Å². The first-order valence-electron chi connectivity index (χ1n) is 7.06. The first-order valence-corrected chi connectivity index (χ1v) is 9.93. The SMILES string of the molecule is CSCC(C)CNS(=O)(=O)c1c(C)nn(CCCN)c1C. The molecule has 0 radical (unpaired) electrons. The van der Waals surface area contributed by atoms with Gasteiger partial charge < -0.3 is 5.73 Å². The molecule has 0 aliphatic rings. The minimum atomic E-state index is -3.51. The number of nitrogens with one attached hydrogen (secondary N) is 1. The Morgan fingerprint density at radius 3 is 2.67 bits per heavy atom. The van der Waals surface area contributed by atoms with Crippen LogP contribution in [0.3, 0.4) is 0 Å². The Kier molecular flexibility index (Phi) is 7.19. The number of hydrogen-bond acceptors (Lipinski definition) is 5. The fourth-order valence-corrected chi connectivity index (χ4v) is 4.45. The van der Waals surface area contributed by atoms with Crippen LogP contribution in [0.5, 0.6) is 0 Å². The second kappa shape index (κ2) is 8.17. The second-order valence-electron chi connectivity index (χ2n) is 5.28. The fourth-order valence-electron chi connectivity index (χ4n) is 2.20. The third kappa shape index (κ3) is 4.98. The van der Waals surface area contributed by atoms with Gasteiger partial charge in [0, 0.05) is 13.1 Å². The molecule has 0 fully saturated rings. The highest BCUT2D eigenvalue weighted by molar-refractivity contribution is 7.98. The summed E-state index contributed by atoms with van der Waals surface area (Å²) >= 11 is 1.71. The third-order valence-corrected chi connectivity index (χ3v) is 5.81. The zero-order chi connectivity index (χ0) is 16.0. The normalized spacial score (nSPS) is 13.6. The molecule has 3 N–H and O–H groups in total. The molecular formula is C13H26N4O2S2. The van der Waals surface area contributed by atoms with Crippen LogP contribution in [0.1, 0.15) is 24.7 Å². The summed E-state index contributed by atoms with van der Waals surface area (Å²) in [4.78, 5) is 0.302. The lowest BCUT2D eigenvalue weighted by Gasteiger charge is -2.12. The monoisotopic (exact) mass is 334 g/mol. The Bertz CT molecular complexity index is 555. The molecule has 0 aliphatic heterocycles. The lowest BCUT2D eigenvalue weighted by atomic mass is 10.2. The molecule has 0 saturated carbocycles. The maximum atomic E-state index is 12.5. The van der Waals surface area contributed by atoms with E-state index in [0.29, 0.717) is 41.8 Å². The maximum Gasteiger partial charge on any atom is 0.244 e. The predicted molar refractivity (Wildman–Crippen MR) is 88.1 cm³/mol. The minimum absolute atomic E-state index is 0.294. The summed E-state index contributed by atoms with van der Waals surface area (Å²) in [6.07, 6.45) is 2.79. The molecular weight excluding hydrogens is 308 g/mol. The quantitative estimate of drug-likeness (QED) is 0.706. The van der Waals surface area contributed by atoms with Crippen molar-refractivity contribution in [3.05, 3.63) is 11.4 Å².